The Balaban J connectivity index is 2.40. The summed E-state index contributed by atoms with van der Waals surface area (Å²) in [5.41, 5.74) is 3.95. The van der Waals surface area contributed by atoms with Crippen LogP contribution in [0.3, 0.4) is 0 Å². The highest BCUT2D eigenvalue weighted by atomic mass is 15.2. The molecule has 2 rings (SSSR count). The Labute approximate surface area is 85.9 Å². The van der Waals surface area contributed by atoms with Crippen molar-refractivity contribution in [2.75, 3.05) is 23.3 Å². The van der Waals surface area contributed by atoms with Gasteiger partial charge < -0.3 is 10.2 Å². The maximum Gasteiger partial charge on any atom is 0.0605 e. The van der Waals surface area contributed by atoms with Crippen LogP contribution in [-0.4, -0.2) is 19.1 Å². The number of fused-ring (bicyclic) bond motifs is 1. The van der Waals surface area contributed by atoms with Crippen LogP contribution in [0, 0.1) is 6.92 Å². The molecule has 0 bridgehead atoms. The van der Waals surface area contributed by atoms with E-state index in [-0.39, 0.29) is 0 Å². The Bertz CT molecular complexity index is 331. The van der Waals surface area contributed by atoms with Crippen LogP contribution in [0.4, 0.5) is 11.4 Å². The molecule has 0 amide bonds. The van der Waals surface area contributed by atoms with Crippen molar-refractivity contribution in [3.8, 4) is 0 Å². The Hall–Kier alpha value is -1.18. The molecule has 1 aromatic carbocycles. The summed E-state index contributed by atoms with van der Waals surface area (Å²) in [6, 6.07) is 7.21. The summed E-state index contributed by atoms with van der Waals surface area (Å²) in [5, 5.41) is 3.45. The molecular weight excluding hydrogens is 172 g/mol. The first-order valence-electron chi connectivity index (χ1n) is 5.29. The van der Waals surface area contributed by atoms with E-state index in [1.807, 2.05) is 0 Å². The standard InChI is InChI=1S/C12H18N2/c1-9(2)14-7-6-13-11-8-10(3)4-5-12(11)14/h4-5,8-9,13H,6-7H2,1-3H3. The molecule has 0 aliphatic carbocycles. The number of anilines is 2. The van der Waals surface area contributed by atoms with Gasteiger partial charge in [-0.3, -0.25) is 0 Å². The average molecular weight is 190 g/mol. The average Bonchev–Trinajstić information content (AvgIpc) is 2.16. The van der Waals surface area contributed by atoms with Crippen molar-refractivity contribution >= 4 is 11.4 Å². The van der Waals surface area contributed by atoms with E-state index >= 15 is 0 Å². The van der Waals surface area contributed by atoms with Crippen molar-refractivity contribution in [3.05, 3.63) is 23.8 Å². The third-order valence-electron chi connectivity index (χ3n) is 2.75. The molecule has 1 aliphatic rings. The monoisotopic (exact) mass is 190 g/mol. The first-order chi connectivity index (χ1) is 6.68. The van der Waals surface area contributed by atoms with E-state index in [9.17, 15) is 0 Å². The predicted molar refractivity (Wildman–Crippen MR) is 62.2 cm³/mol. The zero-order chi connectivity index (χ0) is 10.1. The van der Waals surface area contributed by atoms with E-state index in [2.05, 4.69) is 49.2 Å². The smallest absolute Gasteiger partial charge is 0.0605 e. The molecule has 0 fully saturated rings. The molecule has 0 saturated heterocycles. The van der Waals surface area contributed by atoms with E-state index in [4.69, 9.17) is 0 Å². The minimum absolute atomic E-state index is 0.582. The van der Waals surface area contributed by atoms with E-state index < -0.39 is 0 Å². The minimum atomic E-state index is 0.582. The van der Waals surface area contributed by atoms with Gasteiger partial charge in [0, 0.05) is 19.1 Å². The van der Waals surface area contributed by atoms with Crippen molar-refractivity contribution in [2.24, 2.45) is 0 Å². The van der Waals surface area contributed by atoms with Crippen LogP contribution in [0.1, 0.15) is 19.4 Å². The lowest BCUT2D eigenvalue weighted by molar-refractivity contribution is 0.681. The maximum absolute atomic E-state index is 3.45. The van der Waals surface area contributed by atoms with Gasteiger partial charge in [-0.05, 0) is 38.5 Å². The summed E-state index contributed by atoms with van der Waals surface area (Å²) in [6.45, 7) is 8.78. The molecule has 0 spiro atoms. The molecule has 0 radical (unpaired) electrons. The second-order valence-corrected chi connectivity index (χ2v) is 4.23. The molecule has 14 heavy (non-hydrogen) atoms. The molecular formula is C12H18N2. The van der Waals surface area contributed by atoms with Crippen LogP contribution in [0.2, 0.25) is 0 Å². The molecule has 76 valence electrons. The first-order valence-corrected chi connectivity index (χ1v) is 5.29. The summed E-state index contributed by atoms with van der Waals surface area (Å²) >= 11 is 0. The molecule has 2 nitrogen and oxygen atoms in total. The quantitative estimate of drug-likeness (QED) is 0.732. The third-order valence-corrected chi connectivity index (χ3v) is 2.75. The van der Waals surface area contributed by atoms with Crippen molar-refractivity contribution in [2.45, 2.75) is 26.8 Å². The van der Waals surface area contributed by atoms with Crippen LogP contribution in [0.5, 0.6) is 0 Å². The molecule has 1 N–H and O–H groups in total. The van der Waals surface area contributed by atoms with Crippen LogP contribution in [0.15, 0.2) is 18.2 Å². The molecule has 0 atom stereocenters. The highest BCUT2D eigenvalue weighted by molar-refractivity contribution is 5.73. The zero-order valence-corrected chi connectivity index (χ0v) is 9.17. The Morgan fingerprint density at radius 3 is 2.86 bits per heavy atom. The van der Waals surface area contributed by atoms with Crippen molar-refractivity contribution in [1.29, 1.82) is 0 Å². The lowest BCUT2D eigenvalue weighted by Crippen LogP contribution is -2.38. The number of rotatable bonds is 1. The van der Waals surface area contributed by atoms with Crippen molar-refractivity contribution < 1.29 is 0 Å². The Kier molecular flexibility index (Phi) is 2.36. The van der Waals surface area contributed by atoms with Crippen LogP contribution in [0.25, 0.3) is 0 Å². The van der Waals surface area contributed by atoms with E-state index in [0.717, 1.165) is 13.1 Å². The maximum atomic E-state index is 3.45. The summed E-state index contributed by atoms with van der Waals surface area (Å²) in [7, 11) is 0. The third kappa shape index (κ3) is 1.57. The van der Waals surface area contributed by atoms with Crippen molar-refractivity contribution in [1.82, 2.24) is 0 Å². The number of hydrogen-bond donors (Lipinski definition) is 1. The SMILES string of the molecule is Cc1ccc2c(c1)NCCN2C(C)C. The predicted octanol–water partition coefficient (Wildman–Crippen LogP) is 2.64. The van der Waals surface area contributed by atoms with Gasteiger partial charge in [-0.25, -0.2) is 0 Å². The number of hydrogen-bond acceptors (Lipinski definition) is 2. The van der Waals surface area contributed by atoms with Gasteiger partial charge in [-0.15, -0.1) is 0 Å². The fraction of sp³-hybridized carbons (Fsp3) is 0.500. The van der Waals surface area contributed by atoms with E-state index in [1.165, 1.54) is 16.9 Å². The highest BCUT2D eigenvalue weighted by Crippen LogP contribution is 2.30. The Morgan fingerprint density at radius 1 is 1.36 bits per heavy atom. The molecule has 1 aromatic rings. The molecule has 0 saturated carbocycles. The summed E-state index contributed by atoms with van der Waals surface area (Å²) < 4.78 is 0. The van der Waals surface area contributed by atoms with Crippen LogP contribution < -0.4 is 10.2 Å². The molecule has 1 aliphatic heterocycles. The number of nitrogens with zero attached hydrogens (tertiary/aromatic N) is 1. The minimum Gasteiger partial charge on any atom is -0.382 e. The normalized spacial score (nSPS) is 15.3. The van der Waals surface area contributed by atoms with Gasteiger partial charge in [0.15, 0.2) is 0 Å². The highest BCUT2D eigenvalue weighted by Gasteiger charge is 2.17. The lowest BCUT2D eigenvalue weighted by atomic mass is 10.1. The lowest BCUT2D eigenvalue weighted by Gasteiger charge is -2.35. The Morgan fingerprint density at radius 2 is 2.14 bits per heavy atom. The summed E-state index contributed by atoms with van der Waals surface area (Å²) in [6.07, 6.45) is 0. The molecule has 2 heteroatoms. The topological polar surface area (TPSA) is 15.3 Å². The van der Waals surface area contributed by atoms with E-state index in [0.29, 0.717) is 6.04 Å². The largest absolute Gasteiger partial charge is 0.382 e. The summed E-state index contributed by atoms with van der Waals surface area (Å²) in [4.78, 5) is 2.45. The van der Waals surface area contributed by atoms with Gasteiger partial charge in [0.25, 0.3) is 0 Å². The summed E-state index contributed by atoms with van der Waals surface area (Å²) in [5.74, 6) is 0. The van der Waals surface area contributed by atoms with Crippen molar-refractivity contribution in [3.63, 3.8) is 0 Å². The van der Waals surface area contributed by atoms with E-state index in [1.54, 1.807) is 0 Å². The number of nitrogens with one attached hydrogen (secondary N) is 1. The second kappa shape index (κ2) is 3.52. The second-order valence-electron chi connectivity index (χ2n) is 4.23. The van der Waals surface area contributed by atoms with Gasteiger partial charge in [0.1, 0.15) is 0 Å². The fourth-order valence-electron chi connectivity index (χ4n) is 2.01. The number of aryl methyl sites for hydroxylation is 1. The van der Waals surface area contributed by atoms with Gasteiger partial charge in [0.2, 0.25) is 0 Å². The fourth-order valence-corrected chi connectivity index (χ4v) is 2.01. The van der Waals surface area contributed by atoms with Crippen LogP contribution in [-0.2, 0) is 0 Å². The molecule has 0 unspecified atom stereocenters. The molecule has 0 aromatic heterocycles. The van der Waals surface area contributed by atoms with Gasteiger partial charge in [-0.2, -0.15) is 0 Å². The van der Waals surface area contributed by atoms with Crippen LogP contribution >= 0.6 is 0 Å². The number of benzene rings is 1. The van der Waals surface area contributed by atoms with Gasteiger partial charge in [0.05, 0.1) is 11.4 Å². The molecule has 1 heterocycles. The zero-order valence-electron chi connectivity index (χ0n) is 9.17. The first kappa shape index (κ1) is 9.38. The van der Waals surface area contributed by atoms with Gasteiger partial charge in [-0.1, -0.05) is 6.07 Å². The van der Waals surface area contributed by atoms with Gasteiger partial charge >= 0.3 is 0 Å².